The lowest BCUT2D eigenvalue weighted by atomic mass is 10.1. The second-order valence-corrected chi connectivity index (χ2v) is 2.42. The second-order valence-electron chi connectivity index (χ2n) is 2.42. The van der Waals surface area contributed by atoms with Crippen LogP contribution in [0.1, 0.15) is 20.8 Å². The Bertz CT molecular complexity index is 94.1. The molecule has 1 heterocycles. The summed E-state index contributed by atoms with van der Waals surface area (Å²) in [7, 11) is 0. The van der Waals surface area contributed by atoms with Gasteiger partial charge >= 0.3 is 0 Å². The summed E-state index contributed by atoms with van der Waals surface area (Å²) in [6.45, 7) is 7.75. The van der Waals surface area contributed by atoms with Crippen molar-refractivity contribution in [2.75, 3.05) is 26.3 Å². The topological polar surface area (TPSA) is 21.3 Å². The van der Waals surface area contributed by atoms with Crippen molar-refractivity contribution < 1.29 is 9.13 Å². The van der Waals surface area contributed by atoms with Crippen LogP contribution in [-0.2, 0) is 4.74 Å². The quantitative estimate of drug-likeness (QED) is 0.678. The Hall–Kier alpha value is -0.150. The molecule has 1 rings (SSSR count). The summed E-state index contributed by atoms with van der Waals surface area (Å²) < 4.78 is 17.6. The molecule has 0 aromatic rings. The minimum absolute atomic E-state index is 0.264. The molecule has 0 saturated carbocycles. The molecule has 0 bridgehead atoms. The average Bonchev–Trinajstić information content (AvgIpc) is 2.01. The first-order valence-electron chi connectivity index (χ1n) is 4.24. The Kier molecular flexibility index (Phi) is 5.42. The lowest BCUT2D eigenvalue weighted by Gasteiger charge is -2.33. The van der Waals surface area contributed by atoms with Gasteiger partial charge in [0.2, 0.25) is 0 Å². The highest BCUT2D eigenvalue weighted by Gasteiger charge is 2.37. The number of rotatable bonds is 3. The van der Waals surface area contributed by atoms with E-state index >= 15 is 0 Å². The predicted molar refractivity (Wildman–Crippen MR) is 44.5 cm³/mol. The molecule has 0 radical (unpaired) electrons. The van der Waals surface area contributed by atoms with E-state index in [1.807, 2.05) is 20.8 Å². The molecule has 0 atom stereocenters. The van der Waals surface area contributed by atoms with Gasteiger partial charge < -0.3 is 10.1 Å². The molecule has 3 heteroatoms. The zero-order valence-corrected chi connectivity index (χ0v) is 7.61. The first kappa shape index (κ1) is 10.8. The first-order chi connectivity index (χ1) is 5.27. The van der Waals surface area contributed by atoms with Crippen molar-refractivity contribution in [3.8, 4) is 0 Å². The van der Waals surface area contributed by atoms with Gasteiger partial charge in [0, 0.05) is 6.54 Å². The van der Waals surface area contributed by atoms with Crippen molar-refractivity contribution in [3.63, 3.8) is 0 Å². The van der Waals surface area contributed by atoms with Gasteiger partial charge in [-0.1, -0.05) is 20.8 Å². The van der Waals surface area contributed by atoms with Gasteiger partial charge in [-0.15, -0.1) is 0 Å². The maximum Gasteiger partial charge on any atom is 0.169 e. The van der Waals surface area contributed by atoms with E-state index in [-0.39, 0.29) is 13.2 Å². The highest BCUT2D eigenvalue weighted by Crippen LogP contribution is 2.19. The van der Waals surface area contributed by atoms with Crippen LogP contribution in [0.4, 0.5) is 4.39 Å². The van der Waals surface area contributed by atoms with E-state index in [1.165, 1.54) is 0 Å². The molecule has 0 amide bonds. The molecule has 1 saturated heterocycles. The molecule has 0 aliphatic carbocycles. The standard InChI is InChI=1S/C6H12FNO.C2H6/c1-2-8-3-6(7)4-9-5-6;1-2/h8H,2-5H2,1H3;1-2H3. The third-order valence-corrected chi connectivity index (χ3v) is 1.41. The maximum absolute atomic E-state index is 12.9. The molecule has 0 unspecified atom stereocenters. The summed E-state index contributed by atoms with van der Waals surface area (Å²) in [4.78, 5) is 0. The van der Waals surface area contributed by atoms with Crippen LogP contribution in [0.15, 0.2) is 0 Å². The first-order valence-corrected chi connectivity index (χ1v) is 4.24. The second kappa shape index (κ2) is 5.49. The maximum atomic E-state index is 12.9. The Morgan fingerprint density at radius 1 is 1.45 bits per heavy atom. The van der Waals surface area contributed by atoms with Crippen molar-refractivity contribution in [2.24, 2.45) is 0 Å². The molecule has 1 N–H and O–H groups in total. The van der Waals surface area contributed by atoms with Gasteiger partial charge in [-0.25, -0.2) is 4.39 Å². The van der Waals surface area contributed by atoms with Crippen LogP contribution in [-0.4, -0.2) is 32.0 Å². The highest BCUT2D eigenvalue weighted by atomic mass is 19.1. The van der Waals surface area contributed by atoms with Gasteiger partial charge in [0.05, 0.1) is 13.2 Å². The Morgan fingerprint density at radius 2 is 2.00 bits per heavy atom. The Balaban J connectivity index is 0.000000461. The summed E-state index contributed by atoms with van der Waals surface area (Å²) in [5.74, 6) is 0. The average molecular weight is 163 g/mol. The summed E-state index contributed by atoms with van der Waals surface area (Å²) in [5, 5.41) is 2.94. The van der Waals surface area contributed by atoms with Crippen molar-refractivity contribution >= 4 is 0 Å². The largest absolute Gasteiger partial charge is 0.375 e. The van der Waals surface area contributed by atoms with Crippen LogP contribution in [0.2, 0.25) is 0 Å². The van der Waals surface area contributed by atoms with Gasteiger partial charge in [-0.2, -0.15) is 0 Å². The van der Waals surface area contributed by atoms with Crippen molar-refractivity contribution in [3.05, 3.63) is 0 Å². The van der Waals surface area contributed by atoms with Crippen LogP contribution >= 0.6 is 0 Å². The van der Waals surface area contributed by atoms with Gasteiger partial charge in [0.1, 0.15) is 0 Å². The van der Waals surface area contributed by atoms with Crippen LogP contribution in [0.25, 0.3) is 0 Å². The number of halogens is 1. The van der Waals surface area contributed by atoms with Crippen LogP contribution in [0.3, 0.4) is 0 Å². The minimum Gasteiger partial charge on any atom is -0.375 e. The SMILES string of the molecule is CC.CCNCC1(F)COC1. The Morgan fingerprint density at radius 3 is 2.27 bits per heavy atom. The van der Waals surface area contributed by atoms with E-state index in [9.17, 15) is 4.39 Å². The monoisotopic (exact) mass is 163 g/mol. The zero-order valence-electron chi connectivity index (χ0n) is 7.61. The van der Waals surface area contributed by atoms with E-state index in [0.29, 0.717) is 6.54 Å². The fourth-order valence-corrected chi connectivity index (χ4v) is 0.775. The fraction of sp³-hybridized carbons (Fsp3) is 1.00. The third-order valence-electron chi connectivity index (χ3n) is 1.41. The summed E-state index contributed by atoms with van der Waals surface area (Å²) in [5.41, 5.74) is -1.06. The molecule has 11 heavy (non-hydrogen) atoms. The molecular formula is C8H18FNO. The lowest BCUT2D eigenvalue weighted by Crippen LogP contribution is -2.52. The van der Waals surface area contributed by atoms with Crippen molar-refractivity contribution in [1.29, 1.82) is 0 Å². The van der Waals surface area contributed by atoms with Crippen molar-refractivity contribution in [1.82, 2.24) is 5.32 Å². The van der Waals surface area contributed by atoms with E-state index in [4.69, 9.17) is 4.74 Å². The van der Waals surface area contributed by atoms with E-state index < -0.39 is 5.67 Å². The minimum atomic E-state index is -1.06. The normalized spacial score (nSPS) is 19.6. The highest BCUT2D eigenvalue weighted by molar-refractivity contribution is 4.87. The molecule has 0 aromatic carbocycles. The number of hydrogen-bond acceptors (Lipinski definition) is 2. The van der Waals surface area contributed by atoms with Gasteiger partial charge in [0.15, 0.2) is 5.67 Å². The molecular weight excluding hydrogens is 145 g/mol. The summed E-state index contributed by atoms with van der Waals surface area (Å²) in [6.07, 6.45) is 0. The summed E-state index contributed by atoms with van der Waals surface area (Å²) in [6, 6.07) is 0. The Labute approximate surface area is 68.1 Å². The zero-order chi connectivity index (χ0) is 8.74. The molecule has 1 fully saturated rings. The molecule has 1 aliphatic rings. The van der Waals surface area contributed by atoms with Crippen molar-refractivity contribution in [2.45, 2.75) is 26.4 Å². The molecule has 1 aliphatic heterocycles. The van der Waals surface area contributed by atoms with E-state index in [1.54, 1.807) is 0 Å². The molecule has 2 nitrogen and oxygen atoms in total. The number of hydrogen-bond donors (Lipinski definition) is 1. The van der Waals surface area contributed by atoms with E-state index in [0.717, 1.165) is 6.54 Å². The van der Waals surface area contributed by atoms with E-state index in [2.05, 4.69) is 5.32 Å². The van der Waals surface area contributed by atoms with Gasteiger partial charge in [-0.3, -0.25) is 0 Å². The smallest absolute Gasteiger partial charge is 0.169 e. The summed E-state index contributed by atoms with van der Waals surface area (Å²) >= 11 is 0. The fourth-order valence-electron chi connectivity index (χ4n) is 0.775. The van der Waals surface area contributed by atoms with Gasteiger partial charge in [-0.05, 0) is 6.54 Å². The van der Waals surface area contributed by atoms with Crippen LogP contribution < -0.4 is 5.32 Å². The van der Waals surface area contributed by atoms with Gasteiger partial charge in [0.25, 0.3) is 0 Å². The van der Waals surface area contributed by atoms with Crippen LogP contribution in [0, 0.1) is 0 Å². The molecule has 0 aromatic heterocycles. The third kappa shape index (κ3) is 3.68. The lowest BCUT2D eigenvalue weighted by molar-refractivity contribution is -0.126. The number of alkyl halides is 1. The van der Waals surface area contributed by atoms with Crippen LogP contribution in [0.5, 0.6) is 0 Å². The number of nitrogens with one attached hydrogen (secondary N) is 1. The molecule has 0 spiro atoms. The number of ether oxygens (including phenoxy) is 1. The predicted octanol–water partition coefficient (Wildman–Crippen LogP) is 1.36. The molecule has 68 valence electrons.